The van der Waals surface area contributed by atoms with Gasteiger partial charge in [0.05, 0.1) is 19.1 Å². The molecule has 19 heavy (non-hydrogen) atoms. The van der Waals surface area contributed by atoms with Crippen molar-refractivity contribution in [3.8, 4) is 0 Å². The molecule has 2 heterocycles. The number of carbonyl (C=O) groups is 1. The van der Waals surface area contributed by atoms with E-state index in [4.69, 9.17) is 4.74 Å². The molecule has 2 aliphatic rings. The molecule has 0 spiro atoms. The van der Waals surface area contributed by atoms with Crippen molar-refractivity contribution in [2.75, 3.05) is 39.3 Å². The maximum absolute atomic E-state index is 11.9. The van der Waals surface area contributed by atoms with Gasteiger partial charge >= 0.3 is 0 Å². The van der Waals surface area contributed by atoms with Gasteiger partial charge in [0.1, 0.15) is 0 Å². The Balaban J connectivity index is 1.61. The molecule has 2 aliphatic heterocycles. The third-order valence-electron chi connectivity index (χ3n) is 4.03. The number of ether oxygens (including phenoxy) is 1. The maximum Gasteiger partial charge on any atom is 0.222 e. The molecule has 0 radical (unpaired) electrons. The SMILES string of the molecule is CC(CNC(=O)CC1CNCCO1)N1CCCCC1. The van der Waals surface area contributed by atoms with Crippen LogP contribution in [0.1, 0.15) is 32.6 Å². The van der Waals surface area contributed by atoms with E-state index < -0.39 is 0 Å². The van der Waals surface area contributed by atoms with Gasteiger partial charge < -0.3 is 15.4 Å². The van der Waals surface area contributed by atoms with Crippen LogP contribution in [-0.4, -0.2) is 62.3 Å². The number of amides is 1. The van der Waals surface area contributed by atoms with Crippen LogP contribution in [0.4, 0.5) is 0 Å². The van der Waals surface area contributed by atoms with Crippen LogP contribution in [0.15, 0.2) is 0 Å². The molecule has 2 unspecified atom stereocenters. The highest BCUT2D eigenvalue weighted by Gasteiger charge is 2.19. The van der Waals surface area contributed by atoms with E-state index in [1.807, 2.05) is 0 Å². The number of nitrogens with zero attached hydrogens (tertiary/aromatic N) is 1. The van der Waals surface area contributed by atoms with Gasteiger partial charge in [-0.1, -0.05) is 6.42 Å². The Kier molecular flexibility index (Phi) is 6.07. The van der Waals surface area contributed by atoms with Gasteiger partial charge in [0.15, 0.2) is 0 Å². The number of nitrogens with one attached hydrogen (secondary N) is 2. The summed E-state index contributed by atoms with van der Waals surface area (Å²) in [5, 5.41) is 6.28. The van der Waals surface area contributed by atoms with Crippen LogP contribution in [0.2, 0.25) is 0 Å². The Morgan fingerprint density at radius 3 is 2.89 bits per heavy atom. The van der Waals surface area contributed by atoms with Crippen molar-refractivity contribution in [1.82, 2.24) is 15.5 Å². The van der Waals surface area contributed by atoms with Crippen molar-refractivity contribution in [1.29, 1.82) is 0 Å². The zero-order chi connectivity index (χ0) is 13.5. The monoisotopic (exact) mass is 269 g/mol. The lowest BCUT2D eigenvalue weighted by molar-refractivity contribution is -0.124. The molecule has 0 aromatic carbocycles. The zero-order valence-corrected chi connectivity index (χ0v) is 12.0. The lowest BCUT2D eigenvalue weighted by atomic mass is 10.1. The molecule has 5 heteroatoms. The summed E-state index contributed by atoms with van der Waals surface area (Å²) in [5.74, 6) is 0.109. The highest BCUT2D eigenvalue weighted by molar-refractivity contribution is 5.76. The van der Waals surface area contributed by atoms with Crippen LogP contribution < -0.4 is 10.6 Å². The standard InChI is InChI=1S/C14H27N3O2/c1-12(17-6-3-2-4-7-17)10-16-14(18)9-13-11-15-5-8-19-13/h12-13,15H,2-11H2,1H3,(H,16,18). The number of hydrogen-bond donors (Lipinski definition) is 2. The second kappa shape index (κ2) is 7.82. The summed E-state index contributed by atoms with van der Waals surface area (Å²) in [6, 6.07) is 0.439. The highest BCUT2D eigenvalue weighted by atomic mass is 16.5. The van der Waals surface area contributed by atoms with Gasteiger partial charge in [-0.15, -0.1) is 0 Å². The summed E-state index contributed by atoms with van der Waals surface area (Å²) in [5.41, 5.74) is 0. The first-order chi connectivity index (χ1) is 9.25. The molecule has 0 aliphatic carbocycles. The van der Waals surface area contributed by atoms with Gasteiger partial charge in [0, 0.05) is 25.7 Å². The molecule has 0 saturated carbocycles. The van der Waals surface area contributed by atoms with E-state index in [0.29, 0.717) is 19.1 Å². The first-order valence-electron chi connectivity index (χ1n) is 7.59. The molecule has 0 aromatic rings. The van der Waals surface area contributed by atoms with Crippen molar-refractivity contribution in [3.05, 3.63) is 0 Å². The van der Waals surface area contributed by atoms with Crippen molar-refractivity contribution in [3.63, 3.8) is 0 Å². The summed E-state index contributed by atoms with van der Waals surface area (Å²) < 4.78 is 5.54. The number of piperidine rings is 1. The molecule has 2 atom stereocenters. The second-order valence-corrected chi connectivity index (χ2v) is 5.65. The predicted octanol–water partition coefficient (Wildman–Crippen LogP) is 0.356. The molecular weight excluding hydrogens is 242 g/mol. The highest BCUT2D eigenvalue weighted by Crippen LogP contribution is 2.11. The molecule has 5 nitrogen and oxygen atoms in total. The number of likely N-dealkylation sites (tertiary alicyclic amines) is 1. The number of morpholine rings is 1. The van der Waals surface area contributed by atoms with E-state index in [9.17, 15) is 4.79 Å². The third-order valence-corrected chi connectivity index (χ3v) is 4.03. The Morgan fingerprint density at radius 1 is 1.42 bits per heavy atom. The normalized spacial score (nSPS) is 26.9. The fraction of sp³-hybridized carbons (Fsp3) is 0.929. The summed E-state index contributed by atoms with van der Waals surface area (Å²) >= 11 is 0. The molecule has 0 aromatic heterocycles. The number of carbonyl (C=O) groups excluding carboxylic acids is 1. The molecule has 1 amide bonds. The molecule has 0 bridgehead atoms. The van der Waals surface area contributed by atoms with Gasteiger partial charge in [-0.2, -0.15) is 0 Å². The third kappa shape index (κ3) is 5.09. The average Bonchev–Trinajstić information content (AvgIpc) is 2.47. The minimum atomic E-state index is 0.0408. The van der Waals surface area contributed by atoms with Crippen molar-refractivity contribution in [2.45, 2.75) is 44.8 Å². The van der Waals surface area contributed by atoms with Crippen LogP contribution in [0.25, 0.3) is 0 Å². The Bertz CT molecular complexity index is 274. The van der Waals surface area contributed by atoms with E-state index in [-0.39, 0.29) is 12.0 Å². The van der Waals surface area contributed by atoms with Crippen LogP contribution in [-0.2, 0) is 9.53 Å². The van der Waals surface area contributed by atoms with E-state index in [1.54, 1.807) is 0 Å². The summed E-state index contributed by atoms with van der Waals surface area (Å²) in [4.78, 5) is 14.3. The van der Waals surface area contributed by atoms with E-state index >= 15 is 0 Å². The van der Waals surface area contributed by atoms with E-state index in [2.05, 4.69) is 22.5 Å². The van der Waals surface area contributed by atoms with Gasteiger partial charge in [0.25, 0.3) is 0 Å². The van der Waals surface area contributed by atoms with Gasteiger partial charge in [-0.25, -0.2) is 0 Å². The lowest BCUT2D eigenvalue weighted by Crippen LogP contribution is -2.46. The fourth-order valence-corrected chi connectivity index (χ4v) is 2.78. The zero-order valence-electron chi connectivity index (χ0n) is 12.0. The largest absolute Gasteiger partial charge is 0.375 e. The van der Waals surface area contributed by atoms with Crippen LogP contribution in [0, 0.1) is 0 Å². The minimum absolute atomic E-state index is 0.0408. The van der Waals surface area contributed by atoms with Crippen LogP contribution in [0.3, 0.4) is 0 Å². The maximum atomic E-state index is 11.9. The molecule has 110 valence electrons. The summed E-state index contributed by atoms with van der Waals surface area (Å²) in [6.45, 7) is 7.68. The smallest absolute Gasteiger partial charge is 0.222 e. The molecule has 2 saturated heterocycles. The quantitative estimate of drug-likeness (QED) is 0.756. The Morgan fingerprint density at radius 2 is 2.21 bits per heavy atom. The number of rotatable bonds is 5. The molecule has 2 fully saturated rings. The molecule has 2 rings (SSSR count). The van der Waals surface area contributed by atoms with Gasteiger partial charge in [-0.05, 0) is 32.9 Å². The average molecular weight is 269 g/mol. The first kappa shape index (κ1) is 14.8. The van der Waals surface area contributed by atoms with Gasteiger partial charge in [-0.3, -0.25) is 9.69 Å². The molecule has 2 N–H and O–H groups in total. The first-order valence-corrected chi connectivity index (χ1v) is 7.59. The summed E-state index contributed by atoms with van der Waals surface area (Å²) in [7, 11) is 0. The second-order valence-electron chi connectivity index (χ2n) is 5.65. The lowest BCUT2D eigenvalue weighted by Gasteiger charge is -2.32. The van der Waals surface area contributed by atoms with E-state index in [1.165, 1.54) is 32.4 Å². The van der Waals surface area contributed by atoms with Crippen molar-refractivity contribution in [2.24, 2.45) is 0 Å². The van der Waals surface area contributed by atoms with Crippen LogP contribution >= 0.6 is 0 Å². The van der Waals surface area contributed by atoms with Crippen molar-refractivity contribution < 1.29 is 9.53 Å². The van der Waals surface area contributed by atoms with Crippen molar-refractivity contribution >= 4 is 5.91 Å². The number of hydrogen-bond acceptors (Lipinski definition) is 4. The Labute approximate surface area is 116 Å². The van der Waals surface area contributed by atoms with Gasteiger partial charge in [0.2, 0.25) is 5.91 Å². The Hall–Kier alpha value is -0.650. The van der Waals surface area contributed by atoms with Crippen LogP contribution in [0.5, 0.6) is 0 Å². The van der Waals surface area contributed by atoms with E-state index in [0.717, 1.165) is 19.6 Å². The fourth-order valence-electron chi connectivity index (χ4n) is 2.78. The summed E-state index contributed by atoms with van der Waals surface area (Å²) in [6.07, 6.45) is 4.44. The molecular formula is C14H27N3O2. The minimum Gasteiger partial charge on any atom is -0.375 e. The topological polar surface area (TPSA) is 53.6 Å². The predicted molar refractivity (Wildman–Crippen MR) is 75.1 cm³/mol.